The third kappa shape index (κ3) is 3.16. The second kappa shape index (κ2) is 6.21. The Morgan fingerprint density at radius 1 is 1.37 bits per heavy atom. The van der Waals surface area contributed by atoms with E-state index < -0.39 is 0 Å². The van der Waals surface area contributed by atoms with Gasteiger partial charge in [0.1, 0.15) is 0 Å². The van der Waals surface area contributed by atoms with Crippen molar-refractivity contribution >= 4 is 15.9 Å². The van der Waals surface area contributed by atoms with Crippen LogP contribution in [0.2, 0.25) is 0 Å². The number of rotatable bonds is 5. The fraction of sp³-hybridized carbons (Fsp3) is 0.357. The van der Waals surface area contributed by atoms with E-state index in [-0.39, 0.29) is 6.04 Å². The average molecular weight is 324 g/mol. The minimum Gasteiger partial charge on any atom is -0.493 e. The Kier molecular flexibility index (Phi) is 4.61. The summed E-state index contributed by atoms with van der Waals surface area (Å²) in [7, 11) is 5.56. The number of benzene rings is 1. The maximum atomic E-state index is 5.37. The molecule has 1 aromatic carbocycles. The maximum Gasteiger partial charge on any atom is 0.161 e. The summed E-state index contributed by atoms with van der Waals surface area (Å²) in [6.45, 7) is 0. The highest BCUT2D eigenvalue weighted by atomic mass is 79.9. The van der Waals surface area contributed by atoms with Gasteiger partial charge in [0.25, 0.3) is 0 Å². The highest BCUT2D eigenvalue weighted by Crippen LogP contribution is 2.27. The molecule has 19 heavy (non-hydrogen) atoms. The van der Waals surface area contributed by atoms with Crippen LogP contribution in [0.4, 0.5) is 0 Å². The minimum atomic E-state index is 0.170. The molecular weight excluding hydrogens is 306 g/mol. The van der Waals surface area contributed by atoms with Crippen LogP contribution in [0.3, 0.4) is 0 Å². The molecule has 102 valence electrons. The first-order valence-electron chi connectivity index (χ1n) is 6.13. The van der Waals surface area contributed by atoms with Crippen LogP contribution in [0.1, 0.15) is 17.3 Å². The van der Waals surface area contributed by atoms with Crippen molar-refractivity contribution in [2.24, 2.45) is 7.05 Å². The number of nitrogens with one attached hydrogen (secondary N) is 1. The van der Waals surface area contributed by atoms with E-state index in [9.17, 15) is 0 Å². The third-order valence-corrected chi connectivity index (χ3v) is 3.73. The van der Waals surface area contributed by atoms with Gasteiger partial charge in [0.2, 0.25) is 0 Å². The first-order chi connectivity index (χ1) is 9.15. The van der Waals surface area contributed by atoms with Crippen LogP contribution in [0, 0.1) is 0 Å². The molecule has 0 saturated heterocycles. The molecule has 0 fully saturated rings. The Balaban J connectivity index is 2.24. The third-order valence-electron chi connectivity index (χ3n) is 3.20. The van der Waals surface area contributed by atoms with E-state index in [1.54, 1.807) is 13.3 Å². The predicted molar refractivity (Wildman–Crippen MR) is 79.4 cm³/mol. The van der Waals surface area contributed by atoms with Crippen LogP contribution in [0.15, 0.2) is 34.9 Å². The molecule has 1 atom stereocenters. The first kappa shape index (κ1) is 14.1. The number of aromatic nitrogens is 2. The molecular formula is C14H18BrN3O. The first-order valence-corrected chi connectivity index (χ1v) is 6.92. The lowest BCUT2D eigenvalue weighted by Crippen LogP contribution is -2.22. The Hall–Kier alpha value is -1.33. The summed E-state index contributed by atoms with van der Waals surface area (Å²) in [6, 6.07) is 8.53. The molecule has 0 radical (unpaired) electrons. The number of hydrogen-bond acceptors (Lipinski definition) is 3. The molecule has 0 amide bonds. The van der Waals surface area contributed by atoms with E-state index in [2.05, 4.69) is 50.6 Å². The number of hydrogen-bond donors (Lipinski definition) is 1. The molecule has 0 aliphatic carbocycles. The van der Waals surface area contributed by atoms with E-state index in [0.717, 1.165) is 22.3 Å². The van der Waals surface area contributed by atoms with E-state index >= 15 is 0 Å². The van der Waals surface area contributed by atoms with Gasteiger partial charge in [0.05, 0.1) is 25.0 Å². The molecule has 2 rings (SSSR count). The fourth-order valence-corrected chi connectivity index (χ4v) is 2.44. The molecule has 5 heteroatoms. The second-order valence-corrected chi connectivity index (χ2v) is 5.31. The van der Waals surface area contributed by atoms with Gasteiger partial charge < -0.3 is 10.1 Å². The van der Waals surface area contributed by atoms with Crippen molar-refractivity contribution in [1.29, 1.82) is 0 Å². The van der Waals surface area contributed by atoms with Gasteiger partial charge in [-0.15, -0.1) is 0 Å². The molecule has 1 aromatic heterocycles. The SMILES string of the molecule is CNC(Cc1ccc(Br)cc1)c1c(OC)cnn1C. The minimum absolute atomic E-state index is 0.170. The lowest BCUT2D eigenvalue weighted by Gasteiger charge is -2.18. The normalized spacial score (nSPS) is 12.4. The van der Waals surface area contributed by atoms with E-state index in [4.69, 9.17) is 4.74 Å². The lowest BCUT2D eigenvalue weighted by atomic mass is 10.0. The van der Waals surface area contributed by atoms with Crippen LogP contribution in [-0.4, -0.2) is 23.9 Å². The molecule has 0 aliphatic heterocycles. The lowest BCUT2D eigenvalue weighted by molar-refractivity contribution is 0.397. The highest BCUT2D eigenvalue weighted by Gasteiger charge is 2.19. The number of methoxy groups -OCH3 is 1. The van der Waals surface area contributed by atoms with Crippen LogP contribution in [-0.2, 0) is 13.5 Å². The monoisotopic (exact) mass is 323 g/mol. The zero-order valence-electron chi connectivity index (χ0n) is 11.4. The van der Waals surface area contributed by atoms with Crippen molar-refractivity contribution in [3.63, 3.8) is 0 Å². The van der Waals surface area contributed by atoms with E-state index in [1.807, 2.05) is 18.8 Å². The zero-order chi connectivity index (χ0) is 13.8. The molecule has 1 heterocycles. The van der Waals surface area contributed by atoms with Crippen molar-refractivity contribution in [2.45, 2.75) is 12.5 Å². The van der Waals surface area contributed by atoms with Crippen LogP contribution in [0.25, 0.3) is 0 Å². The standard InChI is InChI=1S/C14H18BrN3O/c1-16-12(8-10-4-6-11(15)7-5-10)14-13(19-3)9-17-18(14)2/h4-7,9,12,16H,8H2,1-3H3. The van der Waals surface area contributed by atoms with Gasteiger partial charge >= 0.3 is 0 Å². The predicted octanol–water partition coefficient (Wildman–Crippen LogP) is 2.69. The summed E-state index contributed by atoms with van der Waals surface area (Å²) >= 11 is 3.45. The van der Waals surface area contributed by atoms with Gasteiger partial charge in [0, 0.05) is 11.5 Å². The summed E-state index contributed by atoms with van der Waals surface area (Å²) in [5, 5.41) is 7.59. The zero-order valence-corrected chi connectivity index (χ0v) is 12.9. The average Bonchev–Trinajstić information content (AvgIpc) is 2.79. The Morgan fingerprint density at radius 3 is 2.63 bits per heavy atom. The van der Waals surface area contributed by atoms with Crippen molar-refractivity contribution in [1.82, 2.24) is 15.1 Å². The Labute approximate surface area is 121 Å². The number of nitrogens with zero attached hydrogens (tertiary/aromatic N) is 2. The van der Waals surface area contributed by atoms with Crippen molar-refractivity contribution < 1.29 is 4.74 Å². The highest BCUT2D eigenvalue weighted by molar-refractivity contribution is 9.10. The quantitative estimate of drug-likeness (QED) is 0.919. The van der Waals surface area contributed by atoms with Crippen molar-refractivity contribution in [3.8, 4) is 5.75 Å². The molecule has 4 nitrogen and oxygen atoms in total. The summed E-state index contributed by atoms with van der Waals surface area (Å²) in [6.07, 6.45) is 2.64. The molecule has 1 unspecified atom stereocenters. The van der Waals surface area contributed by atoms with Gasteiger partial charge in [-0.2, -0.15) is 5.10 Å². The fourth-order valence-electron chi connectivity index (χ4n) is 2.17. The van der Waals surface area contributed by atoms with E-state index in [1.165, 1.54) is 5.56 Å². The molecule has 0 saturated carbocycles. The summed E-state index contributed by atoms with van der Waals surface area (Å²) < 4.78 is 8.33. The van der Waals surface area contributed by atoms with Gasteiger partial charge in [-0.05, 0) is 31.2 Å². The van der Waals surface area contributed by atoms with Gasteiger partial charge in [0.15, 0.2) is 5.75 Å². The number of aryl methyl sites for hydroxylation is 1. The Bertz CT molecular complexity index is 536. The van der Waals surface area contributed by atoms with Gasteiger partial charge in [-0.25, -0.2) is 0 Å². The van der Waals surface area contributed by atoms with Gasteiger partial charge in [-0.3, -0.25) is 4.68 Å². The summed E-state index contributed by atoms with van der Waals surface area (Å²) in [5.74, 6) is 0.818. The molecule has 0 aliphatic rings. The molecule has 2 aromatic rings. The second-order valence-electron chi connectivity index (χ2n) is 4.39. The van der Waals surface area contributed by atoms with Crippen molar-refractivity contribution in [2.75, 3.05) is 14.2 Å². The topological polar surface area (TPSA) is 39.1 Å². The van der Waals surface area contributed by atoms with Crippen LogP contribution < -0.4 is 10.1 Å². The van der Waals surface area contributed by atoms with Crippen LogP contribution in [0.5, 0.6) is 5.75 Å². The summed E-state index contributed by atoms with van der Waals surface area (Å²) in [4.78, 5) is 0. The number of likely N-dealkylation sites (N-methyl/N-ethyl adjacent to an activating group) is 1. The van der Waals surface area contributed by atoms with Gasteiger partial charge in [-0.1, -0.05) is 28.1 Å². The van der Waals surface area contributed by atoms with E-state index in [0.29, 0.717) is 0 Å². The van der Waals surface area contributed by atoms with Crippen LogP contribution >= 0.6 is 15.9 Å². The van der Waals surface area contributed by atoms with Crippen molar-refractivity contribution in [3.05, 3.63) is 46.2 Å². The molecule has 0 spiro atoms. The smallest absolute Gasteiger partial charge is 0.161 e. The summed E-state index contributed by atoms with van der Waals surface area (Å²) in [5.41, 5.74) is 2.33. The maximum absolute atomic E-state index is 5.37. The molecule has 0 bridgehead atoms. The number of ether oxygens (including phenoxy) is 1. The molecule has 1 N–H and O–H groups in total. The largest absolute Gasteiger partial charge is 0.493 e. The Morgan fingerprint density at radius 2 is 2.05 bits per heavy atom. The number of halogens is 1.